The Kier molecular flexibility index (Phi) is 6.51. The van der Waals surface area contributed by atoms with Crippen molar-refractivity contribution in [2.24, 2.45) is 7.05 Å². The molecule has 1 heterocycles. The molecule has 0 unspecified atom stereocenters. The third kappa shape index (κ3) is 4.03. The Morgan fingerprint density at radius 2 is 1.82 bits per heavy atom. The van der Waals surface area contributed by atoms with Gasteiger partial charge in [0.1, 0.15) is 11.5 Å². The van der Waals surface area contributed by atoms with Crippen molar-refractivity contribution in [3.8, 4) is 0 Å². The maximum absolute atomic E-state index is 13.1. The summed E-state index contributed by atoms with van der Waals surface area (Å²) in [6, 6.07) is 5.11. The van der Waals surface area contributed by atoms with Crippen molar-refractivity contribution in [1.82, 2.24) is 9.47 Å². The second-order valence-corrected chi connectivity index (χ2v) is 6.39. The maximum Gasteiger partial charge on any atom is 0.354 e. The van der Waals surface area contributed by atoms with Gasteiger partial charge < -0.3 is 14.2 Å². The first-order valence-corrected chi connectivity index (χ1v) is 8.66. The van der Waals surface area contributed by atoms with E-state index in [-0.39, 0.29) is 24.4 Å². The SMILES string of the molecule is C=CCN(CC(=O)c1c(C)c(C(=O)OC)n(C)c1C)C(=O)c1ccc(F)cc1. The summed E-state index contributed by atoms with van der Waals surface area (Å²) in [5.41, 5.74) is 2.06. The number of Topliss-reactive ketones (excluding diaryl/α,β-unsaturated/α-hetero) is 1. The molecule has 0 aliphatic heterocycles. The van der Waals surface area contributed by atoms with Crippen molar-refractivity contribution in [1.29, 1.82) is 0 Å². The van der Waals surface area contributed by atoms with Crippen molar-refractivity contribution >= 4 is 17.7 Å². The van der Waals surface area contributed by atoms with Gasteiger partial charge in [0, 0.05) is 30.4 Å². The van der Waals surface area contributed by atoms with Gasteiger partial charge in [-0.2, -0.15) is 0 Å². The molecule has 0 spiro atoms. The number of rotatable bonds is 7. The minimum atomic E-state index is -0.535. The molecule has 7 heteroatoms. The standard InChI is InChI=1S/C21H23FN2O4/c1-6-11-24(20(26)15-7-9-16(22)10-8-15)12-17(25)18-13(2)19(21(27)28-5)23(4)14(18)3/h6-10H,1,11-12H2,2-5H3. The average molecular weight is 386 g/mol. The van der Waals surface area contributed by atoms with Crippen LogP contribution in [0.4, 0.5) is 4.39 Å². The number of amides is 1. The van der Waals surface area contributed by atoms with E-state index in [9.17, 15) is 18.8 Å². The summed E-state index contributed by atoms with van der Waals surface area (Å²) in [7, 11) is 2.95. The lowest BCUT2D eigenvalue weighted by atomic mass is 10.0. The van der Waals surface area contributed by atoms with Crippen LogP contribution in [0.5, 0.6) is 0 Å². The normalized spacial score (nSPS) is 10.5. The topological polar surface area (TPSA) is 68.6 Å². The summed E-state index contributed by atoms with van der Waals surface area (Å²) in [5, 5.41) is 0. The predicted molar refractivity (Wildman–Crippen MR) is 103 cm³/mol. The smallest absolute Gasteiger partial charge is 0.354 e. The summed E-state index contributed by atoms with van der Waals surface area (Å²) < 4.78 is 19.5. The Morgan fingerprint density at radius 3 is 2.36 bits per heavy atom. The van der Waals surface area contributed by atoms with E-state index in [1.54, 1.807) is 25.5 Å². The number of hydrogen-bond donors (Lipinski definition) is 0. The quantitative estimate of drug-likeness (QED) is 0.417. The Labute approximate surface area is 163 Å². The van der Waals surface area contributed by atoms with Gasteiger partial charge in [0.15, 0.2) is 5.78 Å². The lowest BCUT2D eigenvalue weighted by Crippen LogP contribution is -2.36. The largest absolute Gasteiger partial charge is 0.464 e. The molecule has 0 radical (unpaired) electrons. The number of methoxy groups -OCH3 is 1. The zero-order chi connectivity index (χ0) is 21.0. The Hall–Kier alpha value is -3.22. The molecule has 28 heavy (non-hydrogen) atoms. The van der Waals surface area contributed by atoms with Crippen LogP contribution in [0.1, 0.15) is 42.5 Å². The highest BCUT2D eigenvalue weighted by Crippen LogP contribution is 2.23. The third-order valence-corrected chi connectivity index (χ3v) is 4.65. The summed E-state index contributed by atoms with van der Waals surface area (Å²) in [5.74, 6) is -1.70. The van der Waals surface area contributed by atoms with E-state index in [0.29, 0.717) is 22.5 Å². The number of nitrogens with zero attached hydrogens (tertiary/aromatic N) is 2. The highest BCUT2D eigenvalue weighted by Gasteiger charge is 2.27. The van der Waals surface area contributed by atoms with Crippen molar-refractivity contribution in [2.75, 3.05) is 20.2 Å². The Balaban J connectivity index is 2.35. The average Bonchev–Trinajstić information content (AvgIpc) is 2.89. The first-order valence-electron chi connectivity index (χ1n) is 8.66. The van der Waals surface area contributed by atoms with Gasteiger partial charge in [-0.05, 0) is 43.7 Å². The van der Waals surface area contributed by atoms with Crippen molar-refractivity contribution in [2.45, 2.75) is 13.8 Å². The fourth-order valence-corrected chi connectivity index (χ4v) is 3.18. The van der Waals surface area contributed by atoms with Gasteiger partial charge in [0.05, 0.1) is 13.7 Å². The number of aromatic nitrogens is 1. The number of esters is 1. The predicted octanol–water partition coefficient (Wildman–Crippen LogP) is 3.08. The van der Waals surface area contributed by atoms with Gasteiger partial charge in [0.25, 0.3) is 5.91 Å². The Bertz CT molecular complexity index is 929. The van der Waals surface area contributed by atoms with Crippen LogP contribution in [0.3, 0.4) is 0 Å². The van der Waals surface area contributed by atoms with Gasteiger partial charge >= 0.3 is 5.97 Å². The molecule has 0 bridgehead atoms. The lowest BCUT2D eigenvalue weighted by Gasteiger charge is -2.20. The van der Waals surface area contributed by atoms with E-state index in [1.165, 1.54) is 42.4 Å². The molecular weight excluding hydrogens is 363 g/mol. The van der Waals surface area contributed by atoms with E-state index in [4.69, 9.17) is 4.74 Å². The van der Waals surface area contributed by atoms with E-state index < -0.39 is 17.7 Å². The molecule has 2 rings (SSSR count). The van der Waals surface area contributed by atoms with Crippen molar-refractivity contribution < 1.29 is 23.5 Å². The van der Waals surface area contributed by atoms with Gasteiger partial charge in [0.2, 0.25) is 0 Å². The molecule has 0 saturated carbocycles. The maximum atomic E-state index is 13.1. The van der Waals surface area contributed by atoms with Gasteiger partial charge in [-0.15, -0.1) is 6.58 Å². The number of carbonyl (C=O) groups is 3. The summed E-state index contributed by atoms with van der Waals surface area (Å²) >= 11 is 0. The molecule has 6 nitrogen and oxygen atoms in total. The zero-order valence-electron chi connectivity index (χ0n) is 16.4. The van der Waals surface area contributed by atoms with E-state index in [1.807, 2.05) is 0 Å². The molecule has 1 amide bonds. The minimum absolute atomic E-state index is 0.150. The summed E-state index contributed by atoms with van der Waals surface area (Å²) in [6.45, 7) is 6.98. The number of ketones is 1. The highest BCUT2D eigenvalue weighted by atomic mass is 19.1. The monoisotopic (exact) mass is 386 g/mol. The van der Waals surface area contributed by atoms with Gasteiger partial charge in [-0.1, -0.05) is 6.08 Å². The van der Waals surface area contributed by atoms with E-state index in [0.717, 1.165) is 0 Å². The fourth-order valence-electron chi connectivity index (χ4n) is 3.18. The number of halogens is 1. The van der Waals surface area contributed by atoms with Crippen LogP contribution < -0.4 is 0 Å². The Morgan fingerprint density at radius 1 is 1.21 bits per heavy atom. The lowest BCUT2D eigenvalue weighted by molar-refractivity contribution is 0.0588. The number of hydrogen-bond acceptors (Lipinski definition) is 4. The molecule has 0 N–H and O–H groups in total. The van der Waals surface area contributed by atoms with Crippen molar-refractivity contribution in [3.05, 3.63) is 70.8 Å². The summed E-state index contributed by atoms with van der Waals surface area (Å²) in [4.78, 5) is 39.1. The highest BCUT2D eigenvalue weighted by molar-refractivity contribution is 6.06. The van der Waals surface area contributed by atoms with Crippen molar-refractivity contribution in [3.63, 3.8) is 0 Å². The van der Waals surface area contributed by atoms with Crippen LogP contribution in [-0.4, -0.2) is 47.3 Å². The molecule has 2 aromatic rings. The van der Waals surface area contributed by atoms with E-state index in [2.05, 4.69) is 6.58 Å². The van der Waals surface area contributed by atoms with E-state index >= 15 is 0 Å². The van der Waals surface area contributed by atoms with Crippen LogP contribution in [0, 0.1) is 19.7 Å². The van der Waals surface area contributed by atoms with Crippen LogP contribution in [-0.2, 0) is 11.8 Å². The van der Waals surface area contributed by atoms with Gasteiger partial charge in [-0.3, -0.25) is 9.59 Å². The number of carbonyl (C=O) groups excluding carboxylic acids is 3. The zero-order valence-corrected chi connectivity index (χ0v) is 16.4. The number of ether oxygens (including phenoxy) is 1. The molecule has 0 atom stereocenters. The van der Waals surface area contributed by atoms with Gasteiger partial charge in [-0.25, -0.2) is 9.18 Å². The molecule has 148 valence electrons. The molecule has 1 aromatic carbocycles. The van der Waals surface area contributed by atoms with Crippen LogP contribution in [0.2, 0.25) is 0 Å². The second kappa shape index (κ2) is 8.65. The number of benzene rings is 1. The first kappa shape index (κ1) is 21.1. The fraction of sp³-hybridized carbons (Fsp3) is 0.286. The third-order valence-electron chi connectivity index (χ3n) is 4.65. The molecule has 0 aliphatic carbocycles. The molecule has 1 aromatic heterocycles. The minimum Gasteiger partial charge on any atom is -0.464 e. The summed E-state index contributed by atoms with van der Waals surface area (Å²) in [6.07, 6.45) is 1.51. The van der Waals surface area contributed by atoms with Crippen LogP contribution in [0.15, 0.2) is 36.9 Å². The molecular formula is C21H23FN2O4. The second-order valence-electron chi connectivity index (χ2n) is 6.39. The molecule has 0 saturated heterocycles. The molecule has 0 aliphatic rings. The first-order chi connectivity index (χ1) is 13.2. The molecule has 0 fully saturated rings. The van der Waals surface area contributed by atoms with Crippen LogP contribution >= 0.6 is 0 Å². The van der Waals surface area contributed by atoms with Crippen LogP contribution in [0.25, 0.3) is 0 Å².